The van der Waals surface area contributed by atoms with E-state index in [1.165, 1.54) is 23.4 Å². The molecule has 0 atom stereocenters. The number of halogens is 1. The average Bonchev–Trinajstić information content (AvgIpc) is 2.95. The number of benzene rings is 3. The summed E-state index contributed by atoms with van der Waals surface area (Å²) >= 11 is 0. The van der Waals surface area contributed by atoms with Crippen molar-refractivity contribution >= 4 is 28.4 Å². The molecule has 3 aromatic carbocycles. The molecule has 5 rings (SSSR count). The van der Waals surface area contributed by atoms with E-state index in [4.69, 9.17) is 14.7 Å². The number of methoxy groups -OCH3 is 1. The number of ether oxygens (including phenoxy) is 1. The minimum Gasteiger partial charge on any atom is -0.496 e. The van der Waals surface area contributed by atoms with Crippen LogP contribution < -0.4 is 20.3 Å². The van der Waals surface area contributed by atoms with E-state index in [0.29, 0.717) is 18.5 Å². The summed E-state index contributed by atoms with van der Waals surface area (Å²) in [5, 5.41) is 8.10. The highest BCUT2D eigenvalue weighted by Gasteiger charge is 2.23. The topological polar surface area (TPSA) is 65.6 Å². The number of hydrogen-bond acceptors (Lipinski definition) is 7. The van der Waals surface area contributed by atoms with E-state index in [0.717, 1.165) is 66.9 Å². The zero-order valence-corrected chi connectivity index (χ0v) is 23.0. The summed E-state index contributed by atoms with van der Waals surface area (Å²) < 4.78 is 18.9. The summed E-state index contributed by atoms with van der Waals surface area (Å²) in [6.07, 6.45) is 2.82. The van der Waals surface area contributed by atoms with Crippen LogP contribution in [0.4, 0.5) is 21.8 Å². The number of likely N-dealkylation sites (tertiary alicyclic amines) is 1. The normalized spacial score (nSPS) is 14.4. The van der Waals surface area contributed by atoms with Crippen LogP contribution in [0.5, 0.6) is 5.75 Å². The number of piperidine rings is 1. The minimum absolute atomic E-state index is 0.218. The van der Waals surface area contributed by atoms with Gasteiger partial charge in [-0.15, -0.1) is 0 Å². The first-order chi connectivity index (χ1) is 19.0. The molecule has 0 saturated carbocycles. The van der Waals surface area contributed by atoms with Crippen molar-refractivity contribution in [2.45, 2.75) is 31.8 Å². The Hall–Kier alpha value is -3.91. The van der Waals surface area contributed by atoms with Crippen molar-refractivity contribution < 1.29 is 9.13 Å². The Morgan fingerprint density at radius 1 is 0.974 bits per heavy atom. The van der Waals surface area contributed by atoms with Crippen LogP contribution in [-0.2, 0) is 13.0 Å². The molecule has 2 heterocycles. The lowest BCUT2D eigenvalue weighted by Crippen LogP contribution is -2.39. The second kappa shape index (κ2) is 12.3. The summed E-state index contributed by atoms with van der Waals surface area (Å²) in [5.74, 6) is 2.18. The monoisotopic (exact) mass is 528 g/mol. The molecule has 1 aliphatic rings. The van der Waals surface area contributed by atoms with E-state index >= 15 is 0 Å². The van der Waals surface area contributed by atoms with Gasteiger partial charge in [-0.3, -0.25) is 4.90 Å². The Morgan fingerprint density at radius 2 is 1.74 bits per heavy atom. The lowest BCUT2D eigenvalue weighted by molar-refractivity contribution is 0.209. The molecule has 1 aromatic heterocycles. The van der Waals surface area contributed by atoms with Gasteiger partial charge in [0.2, 0.25) is 5.95 Å². The number of para-hydroxylation sites is 1. The van der Waals surface area contributed by atoms with Gasteiger partial charge in [-0.25, -0.2) is 9.37 Å². The third kappa shape index (κ3) is 6.57. The predicted molar refractivity (Wildman–Crippen MR) is 157 cm³/mol. The Labute approximate surface area is 230 Å². The van der Waals surface area contributed by atoms with Crippen molar-refractivity contribution in [2.75, 3.05) is 56.4 Å². The van der Waals surface area contributed by atoms with Gasteiger partial charge in [-0.2, -0.15) is 4.98 Å². The number of rotatable bonds is 10. The minimum atomic E-state index is -0.218. The number of hydrogen-bond donors (Lipinski definition) is 2. The second-order valence-corrected chi connectivity index (χ2v) is 10.3. The molecule has 0 amide bonds. The zero-order valence-electron chi connectivity index (χ0n) is 23.0. The van der Waals surface area contributed by atoms with Gasteiger partial charge in [0, 0.05) is 63.0 Å². The Kier molecular flexibility index (Phi) is 8.42. The van der Waals surface area contributed by atoms with Crippen molar-refractivity contribution in [3.05, 3.63) is 83.7 Å². The average molecular weight is 529 g/mol. The van der Waals surface area contributed by atoms with Crippen molar-refractivity contribution in [3.8, 4) is 5.75 Å². The Bertz CT molecular complexity index is 1390. The van der Waals surface area contributed by atoms with Crippen LogP contribution in [-0.4, -0.2) is 61.7 Å². The fourth-order valence-electron chi connectivity index (χ4n) is 5.21. The highest BCUT2D eigenvalue weighted by molar-refractivity contribution is 5.90. The van der Waals surface area contributed by atoms with E-state index in [2.05, 4.69) is 46.7 Å². The number of nitrogens with zero attached hydrogens (tertiary/aromatic N) is 4. The molecule has 2 N–H and O–H groups in total. The molecule has 0 unspecified atom stereocenters. The van der Waals surface area contributed by atoms with Gasteiger partial charge in [-0.05, 0) is 61.2 Å². The van der Waals surface area contributed by atoms with E-state index < -0.39 is 0 Å². The van der Waals surface area contributed by atoms with Gasteiger partial charge in [0.05, 0.1) is 12.6 Å². The number of nitrogens with one attached hydrogen (secondary N) is 2. The summed E-state index contributed by atoms with van der Waals surface area (Å²) in [6.45, 7) is 3.52. The fraction of sp³-hybridized carbons (Fsp3) is 0.355. The second-order valence-electron chi connectivity index (χ2n) is 10.3. The maximum atomic E-state index is 13.2. The van der Waals surface area contributed by atoms with Crippen LogP contribution in [0.25, 0.3) is 10.9 Å². The molecule has 7 nitrogen and oxygen atoms in total. The SMILES string of the molecule is COc1cccc(N(C)C)c1CN1CCC(Nc2nc(NCCc3ccc(F)cc3)nc3ccccc23)CC1. The molecule has 8 heteroatoms. The highest BCUT2D eigenvalue weighted by atomic mass is 19.1. The highest BCUT2D eigenvalue weighted by Crippen LogP contribution is 2.31. The summed E-state index contributed by atoms with van der Waals surface area (Å²) in [4.78, 5) is 14.2. The first-order valence-corrected chi connectivity index (χ1v) is 13.6. The first-order valence-electron chi connectivity index (χ1n) is 13.6. The molecule has 1 saturated heterocycles. The van der Waals surface area contributed by atoms with Crippen LogP contribution in [0.3, 0.4) is 0 Å². The van der Waals surface area contributed by atoms with Gasteiger partial charge >= 0.3 is 0 Å². The lowest BCUT2D eigenvalue weighted by Gasteiger charge is -2.34. The van der Waals surface area contributed by atoms with Crippen molar-refractivity contribution in [1.29, 1.82) is 0 Å². The standard InChI is InChI=1S/C31H37FN6O/c1-37(2)28-9-6-10-29(39-3)26(28)21-38-19-16-24(17-20-38)34-30-25-7-4-5-8-27(25)35-31(36-30)33-18-15-22-11-13-23(32)14-12-22/h4-14,24H,15-21H2,1-3H3,(H2,33,34,35,36). The van der Waals surface area contributed by atoms with E-state index in [9.17, 15) is 4.39 Å². The first kappa shape index (κ1) is 26.7. The zero-order chi connectivity index (χ0) is 27.2. The van der Waals surface area contributed by atoms with E-state index in [1.54, 1.807) is 7.11 Å². The maximum Gasteiger partial charge on any atom is 0.225 e. The largest absolute Gasteiger partial charge is 0.496 e. The number of anilines is 3. The van der Waals surface area contributed by atoms with E-state index in [-0.39, 0.29) is 5.82 Å². The molecule has 0 bridgehead atoms. The van der Waals surface area contributed by atoms with Crippen molar-refractivity contribution in [2.24, 2.45) is 0 Å². The molecular weight excluding hydrogens is 491 g/mol. The van der Waals surface area contributed by atoms with Crippen LogP contribution in [0.15, 0.2) is 66.7 Å². The van der Waals surface area contributed by atoms with Crippen LogP contribution >= 0.6 is 0 Å². The molecular formula is C31H37FN6O. The molecule has 1 fully saturated rings. The van der Waals surface area contributed by atoms with Crippen LogP contribution in [0, 0.1) is 5.82 Å². The third-order valence-electron chi connectivity index (χ3n) is 7.33. The van der Waals surface area contributed by atoms with Gasteiger partial charge in [0.15, 0.2) is 0 Å². The molecule has 0 radical (unpaired) electrons. The number of fused-ring (bicyclic) bond motifs is 1. The maximum absolute atomic E-state index is 13.2. The van der Waals surface area contributed by atoms with Crippen LogP contribution in [0.2, 0.25) is 0 Å². The molecule has 204 valence electrons. The summed E-state index contributed by atoms with van der Waals surface area (Å²) in [6, 6.07) is 21.3. The molecule has 1 aliphatic heterocycles. The number of aromatic nitrogens is 2. The lowest BCUT2D eigenvalue weighted by atomic mass is 10.0. The van der Waals surface area contributed by atoms with E-state index in [1.807, 2.05) is 42.5 Å². The van der Waals surface area contributed by atoms with Gasteiger partial charge in [0.1, 0.15) is 17.4 Å². The third-order valence-corrected chi connectivity index (χ3v) is 7.33. The van der Waals surface area contributed by atoms with Crippen LogP contribution in [0.1, 0.15) is 24.0 Å². The van der Waals surface area contributed by atoms with Crippen molar-refractivity contribution in [3.63, 3.8) is 0 Å². The quantitative estimate of drug-likeness (QED) is 0.279. The van der Waals surface area contributed by atoms with Gasteiger partial charge in [0.25, 0.3) is 0 Å². The molecule has 39 heavy (non-hydrogen) atoms. The summed E-state index contributed by atoms with van der Waals surface area (Å²) in [5.41, 5.74) is 4.40. The predicted octanol–water partition coefficient (Wildman–Crippen LogP) is 5.57. The van der Waals surface area contributed by atoms with Gasteiger partial charge in [-0.1, -0.05) is 30.3 Å². The molecule has 0 aliphatic carbocycles. The van der Waals surface area contributed by atoms with Crippen molar-refractivity contribution in [1.82, 2.24) is 14.9 Å². The summed E-state index contributed by atoms with van der Waals surface area (Å²) in [7, 11) is 5.89. The Morgan fingerprint density at radius 3 is 2.49 bits per heavy atom. The fourth-order valence-corrected chi connectivity index (χ4v) is 5.21. The molecule has 4 aromatic rings. The Balaban J connectivity index is 1.23. The smallest absolute Gasteiger partial charge is 0.225 e. The van der Waals surface area contributed by atoms with Gasteiger partial charge < -0.3 is 20.3 Å². The molecule has 0 spiro atoms.